The lowest BCUT2D eigenvalue weighted by Gasteiger charge is -2.26. The highest BCUT2D eigenvalue weighted by atomic mass is 16.1. The number of nitrogens with zero attached hydrogens (tertiary/aromatic N) is 9. The van der Waals surface area contributed by atoms with Gasteiger partial charge in [-0.3, -0.25) is 14.4 Å². The topological polar surface area (TPSA) is 92.2 Å². The van der Waals surface area contributed by atoms with Crippen molar-refractivity contribution in [2.45, 2.75) is 20.8 Å². The quantitative estimate of drug-likeness (QED) is 0.102. The van der Waals surface area contributed by atoms with E-state index in [1.165, 1.54) is 65.6 Å². The van der Waals surface area contributed by atoms with E-state index in [0.717, 1.165) is 145 Å². The lowest BCUT2D eigenvalue weighted by Crippen LogP contribution is -2.12. The molecular weight excluding hydrogens is 1760 g/mol. The van der Waals surface area contributed by atoms with E-state index >= 15 is 0 Å². The Kier molecular flexibility index (Phi) is 21.8. The number of aromatic nitrogens is 7. The molecule has 0 N–H and O–H groups in total. The van der Waals surface area contributed by atoms with Gasteiger partial charge in [-0.15, -0.1) is 0 Å². The molecule has 20 aromatic carbocycles. The third-order valence-corrected chi connectivity index (χ3v) is 28.2. The molecule has 12 nitrogen and oxygen atoms in total. The van der Waals surface area contributed by atoms with Gasteiger partial charge in [0.05, 0.1) is 60.7 Å². The van der Waals surface area contributed by atoms with Crippen LogP contribution in [0.15, 0.2) is 524 Å². The lowest BCUT2D eigenvalue weighted by atomic mass is 10.0. The highest BCUT2D eigenvalue weighted by molar-refractivity contribution is 6.16. The molecular formula is C132H93N9O3. The maximum absolute atomic E-state index is 13.9. The number of fused-ring (bicyclic) bond motifs is 15. The number of pyridine rings is 3. The van der Waals surface area contributed by atoms with Gasteiger partial charge < -0.3 is 41.8 Å². The number of anilines is 6. The molecule has 7 heterocycles. The van der Waals surface area contributed by atoms with E-state index < -0.39 is 0 Å². The summed E-state index contributed by atoms with van der Waals surface area (Å²) in [6.07, 6.45) is 5.83. The maximum atomic E-state index is 13.9. The number of hydrogen-bond donors (Lipinski definition) is 0. The summed E-state index contributed by atoms with van der Waals surface area (Å²) in [6.45, 7) is 5.68. The summed E-state index contributed by atoms with van der Waals surface area (Å²) in [6, 6.07) is 172. The monoisotopic (exact) mass is 1850 g/mol. The molecule has 0 aliphatic rings. The van der Waals surface area contributed by atoms with Gasteiger partial charge in [0.1, 0.15) is 0 Å². The summed E-state index contributed by atoms with van der Waals surface area (Å²) in [7, 11) is 0. The molecule has 0 bridgehead atoms. The molecule has 0 amide bonds. The summed E-state index contributed by atoms with van der Waals surface area (Å²) in [4.78, 5) is 45.6. The molecule has 7 aromatic heterocycles. The summed E-state index contributed by atoms with van der Waals surface area (Å²) in [5.74, 6) is 0. The van der Waals surface area contributed by atoms with Gasteiger partial charge in [0, 0.05) is 168 Å². The maximum Gasteiger partial charge on any atom is 0.192 e. The first-order valence-corrected chi connectivity index (χ1v) is 48.7. The van der Waals surface area contributed by atoms with Crippen LogP contribution in [0.4, 0.5) is 34.1 Å². The Hall–Kier alpha value is -19.2. The van der Waals surface area contributed by atoms with Crippen LogP contribution in [-0.4, -0.2) is 32.0 Å². The minimum atomic E-state index is 0.0344. The van der Waals surface area contributed by atoms with Crippen molar-refractivity contribution in [3.8, 4) is 62.1 Å². The molecule has 0 saturated carbocycles. The van der Waals surface area contributed by atoms with Crippen LogP contribution in [0.3, 0.4) is 0 Å². The second-order valence-corrected chi connectivity index (χ2v) is 36.9. The molecule has 144 heavy (non-hydrogen) atoms. The van der Waals surface area contributed by atoms with Crippen molar-refractivity contribution in [3.63, 3.8) is 0 Å². The predicted molar refractivity (Wildman–Crippen MR) is 600 cm³/mol. The van der Waals surface area contributed by atoms with Crippen LogP contribution in [-0.2, 0) is 0 Å². The van der Waals surface area contributed by atoms with Crippen LogP contribution in [0.1, 0.15) is 16.7 Å². The van der Waals surface area contributed by atoms with E-state index in [4.69, 9.17) is 0 Å². The van der Waals surface area contributed by atoms with Gasteiger partial charge in [-0.25, -0.2) is 0 Å². The average Bonchev–Trinajstić information content (AvgIpc) is 1.56. The molecule has 0 aliphatic heterocycles. The summed E-state index contributed by atoms with van der Waals surface area (Å²) >= 11 is 0. The molecule has 0 unspecified atom stereocenters. The first-order valence-electron chi connectivity index (χ1n) is 48.7. The van der Waals surface area contributed by atoms with E-state index in [9.17, 15) is 14.4 Å². The zero-order valence-corrected chi connectivity index (χ0v) is 79.2. The van der Waals surface area contributed by atoms with Crippen LogP contribution < -0.4 is 26.1 Å². The van der Waals surface area contributed by atoms with Gasteiger partial charge in [-0.05, 0) is 280 Å². The molecule has 0 fully saturated rings. The van der Waals surface area contributed by atoms with Crippen LogP contribution in [0.5, 0.6) is 0 Å². The fourth-order valence-corrected chi connectivity index (χ4v) is 21.4. The third-order valence-electron chi connectivity index (χ3n) is 28.2. The normalized spacial score (nSPS) is 11.5. The van der Waals surface area contributed by atoms with Crippen molar-refractivity contribution >= 4 is 154 Å². The Morgan fingerprint density at radius 1 is 0.153 bits per heavy atom. The largest absolute Gasteiger partial charge is 0.316 e. The Morgan fingerprint density at radius 3 is 0.667 bits per heavy atom. The average molecular weight is 1850 g/mol. The van der Waals surface area contributed by atoms with Gasteiger partial charge >= 0.3 is 0 Å². The molecule has 0 saturated heterocycles. The lowest BCUT2D eigenvalue weighted by molar-refractivity contribution is 1.07. The Balaban J connectivity index is 0.000000115. The van der Waals surface area contributed by atoms with E-state index in [2.05, 4.69) is 466 Å². The van der Waals surface area contributed by atoms with E-state index in [0.29, 0.717) is 21.7 Å². The highest BCUT2D eigenvalue weighted by Gasteiger charge is 2.26. The molecule has 12 heteroatoms. The van der Waals surface area contributed by atoms with E-state index in [1.54, 1.807) is 0 Å². The molecule has 27 aromatic rings. The molecule has 0 radical (unpaired) electrons. The van der Waals surface area contributed by atoms with Crippen molar-refractivity contribution in [2.24, 2.45) is 0 Å². The Labute approximate surface area is 830 Å². The number of hydrogen-bond acceptors (Lipinski definition) is 5. The zero-order valence-electron chi connectivity index (χ0n) is 79.2. The molecule has 684 valence electrons. The van der Waals surface area contributed by atoms with Crippen molar-refractivity contribution in [3.05, 3.63) is 557 Å². The van der Waals surface area contributed by atoms with Crippen LogP contribution >= 0.6 is 0 Å². The highest BCUT2D eigenvalue weighted by Crippen LogP contribution is 2.46. The number of para-hydroxylation sites is 10. The third kappa shape index (κ3) is 15.2. The van der Waals surface area contributed by atoms with Crippen molar-refractivity contribution in [2.75, 3.05) is 9.80 Å². The Morgan fingerprint density at radius 2 is 0.368 bits per heavy atom. The van der Waals surface area contributed by atoms with Crippen molar-refractivity contribution < 1.29 is 0 Å². The van der Waals surface area contributed by atoms with Crippen LogP contribution in [0.25, 0.3) is 182 Å². The summed E-state index contributed by atoms with van der Waals surface area (Å²) < 4.78 is 15.6. The van der Waals surface area contributed by atoms with Gasteiger partial charge in [0.25, 0.3) is 0 Å². The van der Waals surface area contributed by atoms with Gasteiger partial charge in [0.2, 0.25) is 0 Å². The van der Waals surface area contributed by atoms with Gasteiger partial charge in [0.15, 0.2) is 16.3 Å². The molecule has 0 aliphatic carbocycles. The van der Waals surface area contributed by atoms with E-state index in [-0.39, 0.29) is 16.3 Å². The standard InChI is InChI=1S/C52H38N4O.C40H27N3O.C40H28N2O/c1-37-36-53(38-17-7-2-8-18-38)49-30-27-45(35-48(49)52(37)57)56-50-31-28-43(54(39-19-9-3-10-20-39)40-21-11-4-12-22-40)33-46(50)47-34-44(29-32-51(47)56)55(41-23-13-5-14-24-41)42-25-15-6-16-26-42;1-26-25-41(27-11-3-2-4-12-27)35-21-19-29(24-34(35)40(26)44)43-38-18-10-7-15-32(38)33-23-28(20-22-39(33)43)42-36-16-8-5-13-30(36)31-14-6-9-17-37(31)42;1-27-26-41(32-15-9-4-10-16-32)37-22-19-33(25-36(37)40(27)43)42-38-20-17-30(28-11-5-2-6-12-28)23-34(38)35-24-31(18-21-39(35)42)29-13-7-3-8-14-29/h2-36H,1H3;2-25H,1H3;2-26H,1H3. The SMILES string of the molecule is Cc1cn(-c2ccccc2)c2ccc(-n3c4ccc(-c5ccccc5)cc4c4cc(-c5ccccc5)ccc43)cc2c1=O.Cc1cn(-c2ccccc2)c2ccc(-n3c4ccc(N(c5ccccc5)c5ccccc5)cc4c4cc(N(c5ccccc5)c5ccccc5)ccc43)cc2c1=O.Cc1cn(-c2ccccc2)c2ccc(-n3c4ccccc4c4cc(-n5c6ccccc6c6ccccc65)ccc43)cc2c1=O. The smallest absolute Gasteiger partial charge is 0.192 e. The zero-order chi connectivity index (χ0) is 96.6. The molecule has 0 atom stereocenters. The first kappa shape index (κ1) is 86.4. The number of rotatable bonds is 15. The summed E-state index contributed by atoms with van der Waals surface area (Å²) in [5.41, 5.74) is 32.0. The van der Waals surface area contributed by atoms with Crippen LogP contribution in [0, 0.1) is 20.8 Å². The number of benzene rings is 20. The second-order valence-electron chi connectivity index (χ2n) is 36.9. The molecule has 27 rings (SSSR count). The fraction of sp³-hybridized carbons (Fsp3) is 0.0227. The Bertz CT molecular complexity index is 9500. The van der Waals surface area contributed by atoms with Gasteiger partial charge in [-0.2, -0.15) is 0 Å². The van der Waals surface area contributed by atoms with Gasteiger partial charge in [-0.1, -0.05) is 255 Å². The van der Waals surface area contributed by atoms with Crippen LogP contribution in [0.2, 0.25) is 0 Å². The fourth-order valence-electron chi connectivity index (χ4n) is 21.4. The second kappa shape index (κ2) is 36.3. The predicted octanol–water partition coefficient (Wildman–Crippen LogP) is 32.6. The summed E-state index contributed by atoms with van der Waals surface area (Å²) in [5, 5.41) is 11.5. The number of aryl methyl sites for hydroxylation is 3. The van der Waals surface area contributed by atoms with Crippen molar-refractivity contribution in [1.82, 2.24) is 32.0 Å². The minimum absolute atomic E-state index is 0.0344. The van der Waals surface area contributed by atoms with E-state index in [1.807, 2.05) is 106 Å². The first-order chi connectivity index (χ1) is 70.9. The molecule has 0 spiro atoms. The minimum Gasteiger partial charge on any atom is -0.316 e. The van der Waals surface area contributed by atoms with Crippen molar-refractivity contribution in [1.29, 1.82) is 0 Å².